The third-order valence-corrected chi connectivity index (χ3v) is 6.36. The van der Waals surface area contributed by atoms with Crippen LogP contribution in [0.2, 0.25) is 0 Å². The van der Waals surface area contributed by atoms with E-state index < -0.39 is 0 Å². The lowest BCUT2D eigenvalue weighted by atomic mass is 9.88. The van der Waals surface area contributed by atoms with Gasteiger partial charge >= 0.3 is 0 Å². The predicted molar refractivity (Wildman–Crippen MR) is 134 cm³/mol. The minimum Gasteiger partial charge on any atom is -0.495 e. The Balaban J connectivity index is 1.27. The summed E-state index contributed by atoms with van der Waals surface area (Å²) in [6, 6.07) is 22.8. The summed E-state index contributed by atoms with van der Waals surface area (Å²) in [5, 5.41) is 6.01. The molecule has 0 radical (unpaired) electrons. The van der Waals surface area contributed by atoms with Crippen LogP contribution >= 0.6 is 0 Å². The first-order valence-electron chi connectivity index (χ1n) is 11.4. The van der Waals surface area contributed by atoms with Gasteiger partial charge in [0.1, 0.15) is 17.0 Å². The Morgan fingerprint density at radius 3 is 2.65 bits per heavy atom. The van der Waals surface area contributed by atoms with Gasteiger partial charge in [-0.2, -0.15) is 4.98 Å². The van der Waals surface area contributed by atoms with Crippen molar-refractivity contribution >= 4 is 33.6 Å². The fraction of sp³-hybridized carbons (Fsp3) is 0.185. The number of anilines is 2. The van der Waals surface area contributed by atoms with E-state index in [1.807, 2.05) is 24.3 Å². The molecule has 34 heavy (non-hydrogen) atoms. The van der Waals surface area contributed by atoms with Gasteiger partial charge < -0.3 is 15.0 Å². The molecular formula is C27H24N6O. The van der Waals surface area contributed by atoms with Gasteiger partial charge in [-0.3, -0.25) is 9.97 Å². The highest BCUT2D eigenvalue weighted by Crippen LogP contribution is 2.35. The molecule has 1 aliphatic heterocycles. The van der Waals surface area contributed by atoms with Gasteiger partial charge in [0.05, 0.1) is 19.2 Å². The molecule has 3 aromatic heterocycles. The number of nitrogens with zero attached hydrogens (tertiary/aromatic N) is 5. The van der Waals surface area contributed by atoms with Crippen LogP contribution in [0.5, 0.6) is 5.75 Å². The van der Waals surface area contributed by atoms with Crippen molar-refractivity contribution < 1.29 is 4.74 Å². The normalized spacial score (nSPS) is 13.7. The molecule has 0 amide bonds. The molecule has 7 heteroatoms. The SMILES string of the molecule is COc1cccnc1CNc1nc(N2CC(c3cccc4ccccc34)C2)nc2cccnc12. The van der Waals surface area contributed by atoms with E-state index in [0.29, 0.717) is 24.2 Å². The van der Waals surface area contributed by atoms with E-state index in [1.54, 1.807) is 19.5 Å². The maximum absolute atomic E-state index is 5.43. The molecule has 5 aromatic rings. The molecule has 0 aliphatic carbocycles. The van der Waals surface area contributed by atoms with Gasteiger partial charge in [0.2, 0.25) is 5.95 Å². The third-order valence-electron chi connectivity index (χ3n) is 6.36. The lowest BCUT2D eigenvalue weighted by Crippen LogP contribution is -2.46. The first-order valence-corrected chi connectivity index (χ1v) is 11.4. The Kier molecular flexibility index (Phi) is 5.14. The second kappa shape index (κ2) is 8.59. The van der Waals surface area contributed by atoms with Gasteiger partial charge in [-0.25, -0.2) is 4.98 Å². The number of ether oxygens (including phenoxy) is 1. The fourth-order valence-electron chi connectivity index (χ4n) is 4.57. The Bertz CT molecular complexity index is 1480. The molecule has 1 aliphatic rings. The van der Waals surface area contributed by atoms with Crippen molar-refractivity contribution in [3.8, 4) is 5.75 Å². The zero-order chi connectivity index (χ0) is 22.9. The van der Waals surface area contributed by atoms with E-state index in [4.69, 9.17) is 14.7 Å². The second-order valence-corrected chi connectivity index (χ2v) is 8.42. The van der Waals surface area contributed by atoms with Gasteiger partial charge in [-0.15, -0.1) is 0 Å². The van der Waals surface area contributed by atoms with Gasteiger partial charge in [-0.05, 0) is 40.6 Å². The van der Waals surface area contributed by atoms with Gasteiger partial charge in [0.25, 0.3) is 0 Å². The third kappa shape index (κ3) is 3.65. The first-order chi connectivity index (χ1) is 16.8. The number of hydrogen-bond acceptors (Lipinski definition) is 7. The zero-order valence-electron chi connectivity index (χ0n) is 18.8. The molecule has 168 valence electrons. The molecule has 1 saturated heterocycles. The van der Waals surface area contributed by atoms with Crippen LogP contribution in [0.25, 0.3) is 21.8 Å². The quantitative estimate of drug-likeness (QED) is 0.400. The number of fused-ring (bicyclic) bond motifs is 2. The van der Waals surface area contributed by atoms with Crippen LogP contribution in [0.1, 0.15) is 17.2 Å². The van der Waals surface area contributed by atoms with E-state index in [9.17, 15) is 0 Å². The molecule has 7 nitrogen and oxygen atoms in total. The Hall–Kier alpha value is -4.26. The maximum Gasteiger partial charge on any atom is 0.228 e. The molecule has 0 atom stereocenters. The van der Waals surface area contributed by atoms with E-state index in [1.165, 1.54) is 16.3 Å². The fourth-order valence-corrected chi connectivity index (χ4v) is 4.57. The highest BCUT2D eigenvalue weighted by molar-refractivity contribution is 5.87. The van der Waals surface area contributed by atoms with Crippen molar-refractivity contribution in [2.75, 3.05) is 30.4 Å². The molecule has 4 heterocycles. The number of pyridine rings is 2. The van der Waals surface area contributed by atoms with Crippen LogP contribution in [0, 0.1) is 0 Å². The lowest BCUT2D eigenvalue weighted by Gasteiger charge is -2.40. The summed E-state index contributed by atoms with van der Waals surface area (Å²) >= 11 is 0. The topological polar surface area (TPSA) is 76.1 Å². The van der Waals surface area contributed by atoms with Crippen LogP contribution in [-0.2, 0) is 6.54 Å². The molecule has 0 unspecified atom stereocenters. The molecular weight excluding hydrogens is 424 g/mol. The number of nitrogens with one attached hydrogen (secondary N) is 1. The van der Waals surface area contributed by atoms with Crippen molar-refractivity contribution in [3.63, 3.8) is 0 Å². The van der Waals surface area contributed by atoms with E-state index in [2.05, 4.69) is 62.6 Å². The smallest absolute Gasteiger partial charge is 0.228 e. The highest BCUT2D eigenvalue weighted by atomic mass is 16.5. The van der Waals surface area contributed by atoms with Crippen LogP contribution < -0.4 is 15.0 Å². The summed E-state index contributed by atoms with van der Waals surface area (Å²) < 4.78 is 5.43. The summed E-state index contributed by atoms with van der Waals surface area (Å²) in [7, 11) is 1.65. The summed E-state index contributed by atoms with van der Waals surface area (Å²) in [4.78, 5) is 20.8. The van der Waals surface area contributed by atoms with Crippen LogP contribution in [0.15, 0.2) is 79.1 Å². The summed E-state index contributed by atoms with van der Waals surface area (Å²) in [5.74, 6) is 2.60. The van der Waals surface area contributed by atoms with E-state index >= 15 is 0 Å². The average molecular weight is 449 g/mol. The molecule has 0 saturated carbocycles. The van der Waals surface area contributed by atoms with E-state index in [-0.39, 0.29) is 0 Å². The standard InChI is InChI=1S/C27H24N6O/c1-34-24-12-6-13-28-23(24)15-30-26-25-22(11-5-14-29-25)31-27(32-26)33-16-19(17-33)21-10-4-8-18-7-2-3-9-20(18)21/h2-14,19H,15-17H2,1H3,(H,30,31,32). The van der Waals surface area contributed by atoms with Crippen LogP contribution in [0.3, 0.4) is 0 Å². The minimum atomic E-state index is 0.452. The predicted octanol–water partition coefficient (Wildman–Crippen LogP) is 4.80. The van der Waals surface area contributed by atoms with Crippen molar-refractivity contribution in [2.45, 2.75) is 12.5 Å². The summed E-state index contributed by atoms with van der Waals surface area (Å²) in [6.45, 7) is 2.24. The monoisotopic (exact) mass is 448 g/mol. The largest absolute Gasteiger partial charge is 0.495 e. The van der Waals surface area contributed by atoms with Crippen molar-refractivity contribution in [3.05, 3.63) is 90.4 Å². The minimum absolute atomic E-state index is 0.452. The Morgan fingerprint density at radius 1 is 0.912 bits per heavy atom. The number of benzene rings is 2. The molecule has 1 fully saturated rings. The van der Waals surface area contributed by atoms with Gasteiger partial charge in [-0.1, -0.05) is 42.5 Å². The van der Waals surface area contributed by atoms with Crippen molar-refractivity contribution in [1.29, 1.82) is 0 Å². The first kappa shape index (κ1) is 20.4. The molecule has 1 N–H and O–H groups in total. The summed E-state index contributed by atoms with van der Waals surface area (Å²) in [5.41, 5.74) is 3.76. The van der Waals surface area contributed by atoms with Gasteiger partial charge in [0.15, 0.2) is 5.82 Å². The molecule has 2 aromatic carbocycles. The van der Waals surface area contributed by atoms with Crippen LogP contribution in [-0.4, -0.2) is 40.1 Å². The van der Waals surface area contributed by atoms with Crippen molar-refractivity contribution in [1.82, 2.24) is 19.9 Å². The highest BCUT2D eigenvalue weighted by Gasteiger charge is 2.31. The zero-order valence-corrected chi connectivity index (χ0v) is 18.8. The second-order valence-electron chi connectivity index (χ2n) is 8.42. The van der Waals surface area contributed by atoms with E-state index in [0.717, 1.165) is 35.6 Å². The van der Waals surface area contributed by atoms with Crippen LogP contribution in [0.4, 0.5) is 11.8 Å². The van der Waals surface area contributed by atoms with Crippen molar-refractivity contribution in [2.24, 2.45) is 0 Å². The summed E-state index contributed by atoms with van der Waals surface area (Å²) in [6.07, 6.45) is 3.52. The molecule has 6 rings (SSSR count). The number of rotatable bonds is 6. The van der Waals surface area contributed by atoms with Gasteiger partial charge in [0, 0.05) is 31.4 Å². The Labute approximate surface area is 197 Å². The number of hydrogen-bond donors (Lipinski definition) is 1. The number of methoxy groups -OCH3 is 1. The lowest BCUT2D eigenvalue weighted by molar-refractivity contribution is 0.407. The Morgan fingerprint density at radius 2 is 1.74 bits per heavy atom. The molecule has 0 bridgehead atoms. The maximum atomic E-state index is 5.43. The molecule has 0 spiro atoms. The average Bonchev–Trinajstić information content (AvgIpc) is 2.86. The number of aromatic nitrogens is 4.